The molecular weight excluding hydrogens is 246 g/mol. The second-order valence-electron chi connectivity index (χ2n) is 4.96. The highest BCUT2D eigenvalue weighted by atomic mass is 35.5. The molecule has 0 saturated heterocycles. The Hall–Kier alpha value is -1.25. The Bertz CT molecular complexity index is 525. The molecule has 2 aromatic carbocycles. The van der Waals surface area contributed by atoms with E-state index in [-0.39, 0.29) is 18.4 Å². The maximum atomic E-state index is 10.0. The van der Waals surface area contributed by atoms with E-state index < -0.39 is 0 Å². The number of hydrogen-bond donors (Lipinski definition) is 2. The van der Waals surface area contributed by atoms with Crippen LogP contribution in [0.15, 0.2) is 36.4 Å². The van der Waals surface area contributed by atoms with E-state index >= 15 is 0 Å². The van der Waals surface area contributed by atoms with Crippen LogP contribution in [-0.4, -0.2) is 5.11 Å². The van der Waals surface area contributed by atoms with Gasteiger partial charge in [0.25, 0.3) is 0 Å². The molecule has 1 atom stereocenters. The molecule has 0 aliphatic heterocycles. The molecule has 2 rings (SSSR count). The van der Waals surface area contributed by atoms with Gasteiger partial charge in [-0.1, -0.05) is 44.2 Å². The van der Waals surface area contributed by atoms with Crippen molar-refractivity contribution >= 4 is 23.2 Å². The van der Waals surface area contributed by atoms with E-state index in [4.69, 9.17) is 5.73 Å². The van der Waals surface area contributed by atoms with Gasteiger partial charge in [0.15, 0.2) is 0 Å². The zero-order valence-electron chi connectivity index (χ0n) is 10.8. The normalized spacial score (nSPS) is 12.4. The standard InChI is InChI=1S/C15H19NO.ClH/c1-10(2)9-13(16)15-12-6-4-3-5-11(12)7-8-14(15)17;/h3-8,10,13,17H,9,16H2,1-2H3;1H/t13-;/m0./s1. The van der Waals surface area contributed by atoms with Crippen LogP contribution in [0, 0.1) is 5.92 Å². The first-order valence-corrected chi connectivity index (χ1v) is 6.05. The summed E-state index contributed by atoms with van der Waals surface area (Å²) in [7, 11) is 0. The Morgan fingerprint density at radius 3 is 2.44 bits per heavy atom. The fourth-order valence-electron chi connectivity index (χ4n) is 2.30. The lowest BCUT2D eigenvalue weighted by atomic mass is 9.93. The van der Waals surface area contributed by atoms with E-state index in [0.29, 0.717) is 11.7 Å². The quantitative estimate of drug-likeness (QED) is 0.881. The predicted octanol–water partition coefficient (Wildman–Crippen LogP) is 4.01. The molecule has 0 aliphatic carbocycles. The number of nitrogens with two attached hydrogens (primary N) is 1. The fourth-order valence-corrected chi connectivity index (χ4v) is 2.30. The van der Waals surface area contributed by atoms with Crippen molar-refractivity contribution in [2.24, 2.45) is 11.7 Å². The van der Waals surface area contributed by atoms with E-state index in [0.717, 1.165) is 22.8 Å². The van der Waals surface area contributed by atoms with Gasteiger partial charge >= 0.3 is 0 Å². The summed E-state index contributed by atoms with van der Waals surface area (Å²) in [6.45, 7) is 4.28. The highest BCUT2D eigenvalue weighted by molar-refractivity contribution is 5.88. The van der Waals surface area contributed by atoms with Crippen LogP contribution in [0.1, 0.15) is 31.9 Å². The Labute approximate surface area is 114 Å². The van der Waals surface area contributed by atoms with Gasteiger partial charge in [0, 0.05) is 11.6 Å². The summed E-state index contributed by atoms with van der Waals surface area (Å²) in [4.78, 5) is 0. The van der Waals surface area contributed by atoms with Gasteiger partial charge in [-0.3, -0.25) is 0 Å². The van der Waals surface area contributed by atoms with Crippen LogP contribution >= 0.6 is 12.4 Å². The second kappa shape index (κ2) is 6.07. The first-order valence-electron chi connectivity index (χ1n) is 6.05. The number of phenolic OH excluding ortho intramolecular Hbond substituents is 1. The van der Waals surface area contributed by atoms with Gasteiger partial charge in [-0.15, -0.1) is 12.4 Å². The van der Waals surface area contributed by atoms with Gasteiger partial charge in [0.2, 0.25) is 0 Å². The molecule has 18 heavy (non-hydrogen) atoms. The molecule has 98 valence electrons. The monoisotopic (exact) mass is 265 g/mol. The van der Waals surface area contributed by atoms with Gasteiger partial charge in [0.05, 0.1) is 0 Å². The third kappa shape index (κ3) is 2.95. The average molecular weight is 266 g/mol. The third-order valence-corrected chi connectivity index (χ3v) is 3.04. The van der Waals surface area contributed by atoms with Gasteiger partial charge < -0.3 is 10.8 Å². The van der Waals surface area contributed by atoms with Crippen molar-refractivity contribution in [3.8, 4) is 5.75 Å². The van der Waals surface area contributed by atoms with Gasteiger partial charge in [-0.25, -0.2) is 0 Å². The molecule has 0 bridgehead atoms. The number of aromatic hydroxyl groups is 1. The lowest BCUT2D eigenvalue weighted by Gasteiger charge is -2.18. The molecule has 0 heterocycles. The average Bonchev–Trinajstić information content (AvgIpc) is 2.27. The molecule has 2 aromatic rings. The molecule has 0 aliphatic rings. The molecule has 3 heteroatoms. The van der Waals surface area contributed by atoms with Crippen LogP contribution in [0.4, 0.5) is 0 Å². The molecule has 0 amide bonds. The summed E-state index contributed by atoms with van der Waals surface area (Å²) >= 11 is 0. The third-order valence-electron chi connectivity index (χ3n) is 3.04. The molecule has 0 fully saturated rings. The summed E-state index contributed by atoms with van der Waals surface area (Å²) in [6, 6.07) is 11.6. The number of benzene rings is 2. The Morgan fingerprint density at radius 2 is 1.78 bits per heavy atom. The summed E-state index contributed by atoms with van der Waals surface area (Å²) in [5, 5.41) is 12.2. The summed E-state index contributed by atoms with van der Waals surface area (Å²) in [5.41, 5.74) is 7.07. The molecule has 0 unspecified atom stereocenters. The summed E-state index contributed by atoms with van der Waals surface area (Å²) in [5.74, 6) is 0.820. The topological polar surface area (TPSA) is 46.2 Å². The smallest absolute Gasteiger partial charge is 0.120 e. The van der Waals surface area contributed by atoms with E-state index in [9.17, 15) is 5.11 Å². The van der Waals surface area contributed by atoms with Crippen LogP contribution in [0.25, 0.3) is 10.8 Å². The minimum absolute atomic E-state index is 0. The Balaban J connectivity index is 0.00000162. The summed E-state index contributed by atoms with van der Waals surface area (Å²) < 4.78 is 0. The van der Waals surface area contributed by atoms with E-state index in [1.54, 1.807) is 6.07 Å². The second-order valence-corrected chi connectivity index (χ2v) is 4.96. The SMILES string of the molecule is CC(C)C[C@H](N)c1c(O)ccc2ccccc12.Cl. The largest absolute Gasteiger partial charge is 0.508 e. The molecular formula is C15H20ClNO. The molecule has 3 N–H and O–H groups in total. The Morgan fingerprint density at radius 1 is 1.11 bits per heavy atom. The van der Waals surface area contributed by atoms with Crippen LogP contribution < -0.4 is 5.73 Å². The number of hydrogen-bond acceptors (Lipinski definition) is 2. The molecule has 0 saturated carbocycles. The molecule has 0 radical (unpaired) electrons. The van der Waals surface area contributed by atoms with E-state index in [2.05, 4.69) is 13.8 Å². The van der Waals surface area contributed by atoms with Crippen LogP contribution in [0.2, 0.25) is 0 Å². The molecule has 0 aromatic heterocycles. The van der Waals surface area contributed by atoms with Crippen LogP contribution in [0.3, 0.4) is 0 Å². The minimum atomic E-state index is -0.110. The van der Waals surface area contributed by atoms with Crippen LogP contribution in [-0.2, 0) is 0 Å². The lowest BCUT2D eigenvalue weighted by Crippen LogP contribution is -2.13. The van der Waals surface area contributed by atoms with Crippen molar-refractivity contribution in [3.63, 3.8) is 0 Å². The van der Waals surface area contributed by atoms with E-state index in [1.807, 2.05) is 30.3 Å². The number of phenols is 1. The van der Waals surface area contributed by atoms with Crippen molar-refractivity contribution in [1.29, 1.82) is 0 Å². The highest BCUT2D eigenvalue weighted by Gasteiger charge is 2.15. The van der Waals surface area contributed by atoms with Crippen molar-refractivity contribution in [1.82, 2.24) is 0 Å². The zero-order valence-corrected chi connectivity index (χ0v) is 11.6. The summed E-state index contributed by atoms with van der Waals surface area (Å²) in [6.07, 6.45) is 0.877. The van der Waals surface area contributed by atoms with Gasteiger partial charge in [-0.2, -0.15) is 0 Å². The maximum Gasteiger partial charge on any atom is 0.120 e. The predicted molar refractivity (Wildman–Crippen MR) is 79.2 cm³/mol. The minimum Gasteiger partial charge on any atom is -0.508 e. The maximum absolute atomic E-state index is 10.0. The van der Waals surface area contributed by atoms with E-state index in [1.165, 1.54) is 0 Å². The zero-order chi connectivity index (χ0) is 12.4. The van der Waals surface area contributed by atoms with Crippen molar-refractivity contribution < 1.29 is 5.11 Å². The number of halogens is 1. The van der Waals surface area contributed by atoms with Crippen molar-refractivity contribution in [2.75, 3.05) is 0 Å². The first kappa shape index (κ1) is 14.8. The van der Waals surface area contributed by atoms with Gasteiger partial charge in [-0.05, 0) is 29.2 Å². The van der Waals surface area contributed by atoms with Crippen molar-refractivity contribution in [3.05, 3.63) is 42.0 Å². The molecule has 0 spiro atoms. The number of rotatable bonds is 3. The molecule has 2 nitrogen and oxygen atoms in total. The van der Waals surface area contributed by atoms with Gasteiger partial charge in [0.1, 0.15) is 5.75 Å². The Kier molecular flexibility index (Phi) is 5.00. The lowest BCUT2D eigenvalue weighted by molar-refractivity contribution is 0.447. The van der Waals surface area contributed by atoms with Crippen LogP contribution in [0.5, 0.6) is 5.75 Å². The first-order chi connectivity index (χ1) is 8.09. The van der Waals surface area contributed by atoms with Crippen molar-refractivity contribution in [2.45, 2.75) is 26.3 Å². The highest BCUT2D eigenvalue weighted by Crippen LogP contribution is 2.33. The number of fused-ring (bicyclic) bond motifs is 1. The fraction of sp³-hybridized carbons (Fsp3) is 0.333.